The monoisotopic (exact) mass is 208 g/mol. The summed E-state index contributed by atoms with van der Waals surface area (Å²) >= 11 is 0. The Bertz CT molecular complexity index is 555. The molecule has 0 saturated heterocycles. The second-order valence-electron chi connectivity index (χ2n) is 4.22. The number of hydrogen-bond acceptors (Lipinski definition) is 0. The summed E-state index contributed by atoms with van der Waals surface area (Å²) in [6, 6.07) is 12.7. The van der Waals surface area contributed by atoms with Crippen molar-refractivity contribution in [1.82, 2.24) is 0 Å². The summed E-state index contributed by atoms with van der Waals surface area (Å²) in [6.07, 6.45) is 4.14. The van der Waals surface area contributed by atoms with E-state index < -0.39 is 0 Å². The summed E-state index contributed by atoms with van der Waals surface area (Å²) in [6.45, 7) is 8.12. The van der Waals surface area contributed by atoms with Crippen molar-refractivity contribution in [2.24, 2.45) is 0 Å². The molecule has 0 nitrogen and oxygen atoms in total. The Hall–Kier alpha value is -1.82. The molecule has 0 radical (unpaired) electrons. The molecule has 16 heavy (non-hydrogen) atoms. The van der Waals surface area contributed by atoms with Gasteiger partial charge in [0, 0.05) is 0 Å². The Morgan fingerprint density at radius 3 is 2.50 bits per heavy atom. The van der Waals surface area contributed by atoms with E-state index in [4.69, 9.17) is 0 Å². The minimum absolute atomic E-state index is 1.19. The third kappa shape index (κ3) is 1.92. The molecule has 0 aromatic heterocycles. The van der Waals surface area contributed by atoms with Crippen LogP contribution in [0.5, 0.6) is 0 Å². The van der Waals surface area contributed by atoms with Crippen molar-refractivity contribution in [1.29, 1.82) is 0 Å². The summed E-state index contributed by atoms with van der Waals surface area (Å²) in [7, 11) is 0. The van der Waals surface area contributed by atoms with E-state index >= 15 is 0 Å². The van der Waals surface area contributed by atoms with Crippen molar-refractivity contribution in [3.63, 3.8) is 0 Å². The third-order valence-electron chi connectivity index (χ3n) is 2.66. The zero-order chi connectivity index (χ0) is 11.5. The predicted octanol–water partition coefficient (Wildman–Crippen LogP) is 4.91. The van der Waals surface area contributed by atoms with Gasteiger partial charge in [-0.25, -0.2) is 0 Å². The SMILES string of the molecule is C=Cc1ccc2ccccc2c1C=C(C)C. The van der Waals surface area contributed by atoms with Crippen molar-refractivity contribution in [2.75, 3.05) is 0 Å². The summed E-state index contributed by atoms with van der Waals surface area (Å²) < 4.78 is 0. The number of fused-ring (bicyclic) bond motifs is 1. The van der Waals surface area contributed by atoms with Crippen LogP contribution in [-0.2, 0) is 0 Å². The molecule has 0 spiro atoms. The molecule has 0 atom stereocenters. The molecule has 0 amide bonds. The lowest BCUT2D eigenvalue weighted by molar-refractivity contribution is 1.42. The minimum Gasteiger partial charge on any atom is -0.0984 e. The maximum absolute atomic E-state index is 3.88. The van der Waals surface area contributed by atoms with Gasteiger partial charge in [0.1, 0.15) is 0 Å². The maximum atomic E-state index is 3.88. The lowest BCUT2D eigenvalue weighted by Crippen LogP contribution is -1.84. The average Bonchev–Trinajstić information content (AvgIpc) is 2.29. The van der Waals surface area contributed by atoms with Gasteiger partial charge < -0.3 is 0 Å². The van der Waals surface area contributed by atoms with Gasteiger partial charge in [0.25, 0.3) is 0 Å². The summed E-state index contributed by atoms with van der Waals surface area (Å²) in [4.78, 5) is 0. The van der Waals surface area contributed by atoms with E-state index in [1.54, 1.807) is 0 Å². The topological polar surface area (TPSA) is 0 Å². The maximum Gasteiger partial charge on any atom is -0.0105 e. The van der Waals surface area contributed by atoms with E-state index in [0.29, 0.717) is 0 Å². The van der Waals surface area contributed by atoms with Crippen molar-refractivity contribution in [3.8, 4) is 0 Å². The van der Waals surface area contributed by atoms with Crippen molar-refractivity contribution < 1.29 is 0 Å². The van der Waals surface area contributed by atoms with Crippen LogP contribution in [-0.4, -0.2) is 0 Å². The van der Waals surface area contributed by atoms with Crippen LogP contribution in [0.4, 0.5) is 0 Å². The molecule has 0 fully saturated rings. The molecule has 2 aromatic rings. The molecule has 0 aliphatic rings. The van der Waals surface area contributed by atoms with Crippen LogP contribution in [0, 0.1) is 0 Å². The van der Waals surface area contributed by atoms with Gasteiger partial charge >= 0.3 is 0 Å². The zero-order valence-corrected chi connectivity index (χ0v) is 9.83. The van der Waals surface area contributed by atoms with Crippen molar-refractivity contribution >= 4 is 22.9 Å². The van der Waals surface area contributed by atoms with E-state index in [1.807, 2.05) is 6.08 Å². The van der Waals surface area contributed by atoms with Gasteiger partial charge in [-0.15, -0.1) is 0 Å². The fourth-order valence-electron chi connectivity index (χ4n) is 1.94. The molecule has 2 aromatic carbocycles. The lowest BCUT2D eigenvalue weighted by atomic mass is 9.97. The van der Waals surface area contributed by atoms with E-state index in [2.05, 4.69) is 62.9 Å². The Morgan fingerprint density at radius 1 is 1.06 bits per heavy atom. The van der Waals surface area contributed by atoms with Crippen LogP contribution in [0.2, 0.25) is 0 Å². The van der Waals surface area contributed by atoms with Crippen LogP contribution in [0.3, 0.4) is 0 Å². The molecule has 2 rings (SSSR count). The number of benzene rings is 2. The van der Waals surface area contributed by atoms with Gasteiger partial charge in [-0.3, -0.25) is 0 Å². The second-order valence-corrected chi connectivity index (χ2v) is 4.22. The molecular weight excluding hydrogens is 192 g/mol. The van der Waals surface area contributed by atoms with Crippen molar-refractivity contribution in [2.45, 2.75) is 13.8 Å². The van der Waals surface area contributed by atoms with E-state index in [-0.39, 0.29) is 0 Å². The normalized spacial score (nSPS) is 10.1. The van der Waals surface area contributed by atoms with Gasteiger partial charge in [-0.2, -0.15) is 0 Å². The first-order chi connectivity index (χ1) is 7.72. The summed E-state index contributed by atoms with van der Waals surface area (Å²) in [5.74, 6) is 0. The first kappa shape index (κ1) is 10.7. The fourth-order valence-corrected chi connectivity index (χ4v) is 1.94. The number of hydrogen-bond donors (Lipinski definition) is 0. The fraction of sp³-hybridized carbons (Fsp3) is 0.125. The highest BCUT2D eigenvalue weighted by atomic mass is 14.1. The van der Waals surface area contributed by atoms with Gasteiger partial charge in [-0.05, 0) is 35.7 Å². The Kier molecular flexibility index (Phi) is 2.91. The highest BCUT2D eigenvalue weighted by Gasteiger charge is 2.02. The van der Waals surface area contributed by atoms with Crippen LogP contribution >= 0.6 is 0 Å². The van der Waals surface area contributed by atoms with Gasteiger partial charge in [0.15, 0.2) is 0 Å². The molecule has 0 aliphatic carbocycles. The predicted molar refractivity (Wildman–Crippen MR) is 73.4 cm³/mol. The molecule has 0 saturated carbocycles. The van der Waals surface area contributed by atoms with Crippen LogP contribution in [0.15, 0.2) is 48.6 Å². The third-order valence-corrected chi connectivity index (χ3v) is 2.66. The lowest BCUT2D eigenvalue weighted by Gasteiger charge is -2.07. The Morgan fingerprint density at radius 2 is 1.81 bits per heavy atom. The highest BCUT2D eigenvalue weighted by Crippen LogP contribution is 2.25. The largest absolute Gasteiger partial charge is 0.0984 e. The molecule has 0 unspecified atom stereocenters. The van der Waals surface area contributed by atoms with Gasteiger partial charge in [0.05, 0.1) is 0 Å². The zero-order valence-electron chi connectivity index (χ0n) is 9.83. The Labute approximate surface area is 96.9 Å². The number of rotatable bonds is 2. The molecule has 0 heterocycles. The highest BCUT2D eigenvalue weighted by molar-refractivity contribution is 5.94. The van der Waals surface area contributed by atoms with E-state index in [1.165, 1.54) is 27.5 Å². The van der Waals surface area contributed by atoms with Crippen LogP contribution < -0.4 is 0 Å². The Balaban J connectivity index is 2.83. The smallest absolute Gasteiger partial charge is 0.0105 e. The second kappa shape index (κ2) is 4.36. The minimum atomic E-state index is 1.19. The summed E-state index contributed by atoms with van der Waals surface area (Å²) in [5, 5.41) is 2.57. The van der Waals surface area contributed by atoms with E-state index in [0.717, 1.165) is 0 Å². The molecule has 80 valence electrons. The van der Waals surface area contributed by atoms with Crippen molar-refractivity contribution in [3.05, 3.63) is 59.7 Å². The quantitative estimate of drug-likeness (QED) is 0.658. The molecule has 0 bridgehead atoms. The first-order valence-electron chi connectivity index (χ1n) is 5.51. The van der Waals surface area contributed by atoms with Gasteiger partial charge in [0.2, 0.25) is 0 Å². The van der Waals surface area contributed by atoms with Gasteiger partial charge in [-0.1, -0.05) is 60.7 Å². The van der Waals surface area contributed by atoms with Crippen LogP contribution in [0.1, 0.15) is 25.0 Å². The molecule has 0 heteroatoms. The van der Waals surface area contributed by atoms with Crippen LogP contribution in [0.25, 0.3) is 22.9 Å². The molecule has 0 N–H and O–H groups in total. The molecule has 0 aliphatic heterocycles. The average molecular weight is 208 g/mol. The molecular formula is C16H16. The number of allylic oxidation sites excluding steroid dienone is 1. The summed E-state index contributed by atoms with van der Waals surface area (Å²) in [5.41, 5.74) is 3.77. The van der Waals surface area contributed by atoms with E-state index in [9.17, 15) is 0 Å². The first-order valence-corrected chi connectivity index (χ1v) is 5.51. The standard InChI is InChI=1S/C16H16/c1-4-13-9-10-14-7-5-6-8-15(14)16(13)11-12(2)3/h4-11H,1H2,2-3H3.